The van der Waals surface area contributed by atoms with Crippen molar-refractivity contribution >= 4 is 17.8 Å². The smallest absolute Gasteiger partial charge is 0.374 e. The number of carbonyl (C=O) groups is 3. The number of hydrogen-bond donors (Lipinski definition) is 1. The Kier molecular flexibility index (Phi) is 3.95. The minimum atomic E-state index is -1.11. The van der Waals surface area contributed by atoms with E-state index in [-0.39, 0.29) is 23.8 Å². The summed E-state index contributed by atoms with van der Waals surface area (Å²) in [6.45, 7) is 2.83. The Hall–Kier alpha value is -2.05. The van der Waals surface area contributed by atoms with Crippen LogP contribution in [0, 0.1) is 0 Å². The van der Waals surface area contributed by atoms with Crippen molar-refractivity contribution in [2.24, 2.45) is 0 Å². The summed E-state index contributed by atoms with van der Waals surface area (Å²) >= 11 is 0. The van der Waals surface area contributed by atoms with Crippen molar-refractivity contribution < 1.29 is 28.6 Å². The third-order valence-corrected chi connectivity index (χ3v) is 2.50. The van der Waals surface area contributed by atoms with Gasteiger partial charge in [0, 0.05) is 6.92 Å². The first-order valence-corrected chi connectivity index (χ1v) is 5.18. The molecule has 100 valence electrons. The summed E-state index contributed by atoms with van der Waals surface area (Å²) in [7, 11) is 2.35. The number of methoxy groups -OCH3 is 2. The van der Waals surface area contributed by atoms with Gasteiger partial charge in [-0.05, 0) is 6.92 Å². The lowest BCUT2D eigenvalue weighted by Crippen LogP contribution is -2.49. The molecule has 0 saturated heterocycles. The molecule has 1 heterocycles. The summed E-state index contributed by atoms with van der Waals surface area (Å²) < 4.78 is 14.3. The van der Waals surface area contributed by atoms with E-state index >= 15 is 0 Å². The van der Waals surface area contributed by atoms with Crippen LogP contribution in [0.2, 0.25) is 0 Å². The summed E-state index contributed by atoms with van der Waals surface area (Å²) in [5.74, 6) is -2.12. The molecular weight excluding hydrogens is 242 g/mol. The molecule has 18 heavy (non-hydrogen) atoms. The van der Waals surface area contributed by atoms with Crippen molar-refractivity contribution in [1.29, 1.82) is 0 Å². The van der Waals surface area contributed by atoms with Gasteiger partial charge in [0.25, 0.3) is 0 Å². The highest BCUT2D eigenvalue weighted by Crippen LogP contribution is 2.30. The first-order chi connectivity index (χ1) is 8.35. The fraction of sp³-hybridized carbons (Fsp3) is 0.545. The lowest BCUT2D eigenvalue weighted by Gasteiger charge is -2.24. The molecule has 1 unspecified atom stereocenters. The number of ether oxygens (including phenoxy) is 3. The first-order valence-electron chi connectivity index (χ1n) is 5.18. The lowest BCUT2D eigenvalue weighted by atomic mass is 9.93. The van der Waals surface area contributed by atoms with Crippen LogP contribution in [0.5, 0.6) is 0 Å². The topological polar surface area (TPSA) is 90.9 Å². The number of esters is 2. The van der Waals surface area contributed by atoms with Crippen molar-refractivity contribution in [3.8, 4) is 0 Å². The zero-order valence-corrected chi connectivity index (χ0v) is 10.7. The van der Waals surface area contributed by atoms with Crippen molar-refractivity contribution in [3.05, 3.63) is 11.3 Å². The molecule has 0 aliphatic carbocycles. The molecule has 0 spiro atoms. The molecule has 1 aliphatic rings. The summed E-state index contributed by atoms with van der Waals surface area (Å²) in [5, 5.41) is 2.56. The van der Waals surface area contributed by atoms with Gasteiger partial charge < -0.3 is 19.5 Å². The molecular formula is C11H15NO6. The van der Waals surface area contributed by atoms with E-state index < -0.39 is 17.5 Å². The van der Waals surface area contributed by atoms with Crippen molar-refractivity contribution in [3.63, 3.8) is 0 Å². The van der Waals surface area contributed by atoms with Crippen molar-refractivity contribution in [2.75, 3.05) is 20.8 Å². The Morgan fingerprint density at radius 3 is 2.22 bits per heavy atom. The number of hydrogen-bond acceptors (Lipinski definition) is 6. The van der Waals surface area contributed by atoms with E-state index in [0.29, 0.717) is 0 Å². The Bertz CT molecular complexity index is 427. The average Bonchev–Trinajstić information content (AvgIpc) is 2.63. The minimum Gasteiger partial charge on any atom is -0.483 e. The number of nitrogens with one attached hydrogen (secondary N) is 1. The zero-order chi connectivity index (χ0) is 13.9. The summed E-state index contributed by atoms with van der Waals surface area (Å²) in [6, 6.07) is 0. The standard InChI is InChI=1S/C11H15NO6/c1-6(13)12-11(2)5-18-8(10(15)17-4)7(11)9(14)16-3/h5H2,1-4H3,(H,12,13). The van der Waals surface area contributed by atoms with Gasteiger partial charge in [0.2, 0.25) is 11.7 Å². The van der Waals surface area contributed by atoms with E-state index in [9.17, 15) is 14.4 Å². The predicted octanol–water partition coefficient (Wildman–Crippen LogP) is -0.488. The van der Waals surface area contributed by atoms with E-state index in [0.717, 1.165) is 0 Å². The molecule has 7 nitrogen and oxygen atoms in total. The predicted molar refractivity (Wildman–Crippen MR) is 59.2 cm³/mol. The number of carbonyl (C=O) groups excluding carboxylic acids is 3. The monoisotopic (exact) mass is 257 g/mol. The first kappa shape index (κ1) is 14.0. The van der Waals surface area contributed by atoms with Crippen molar-refractivity contribution in [1.82, 2.24) is 5.32 Å². The van der Waals surface area contributed by atoms with Crippen LogP contribution in [-0.4, -0.2) is 44.2 Å². The third kappa shape index (κ3) is 2.44. The molecule has 1 amide bonds. The van der Waals surface area contributed by atoms with Crippen LogP contribution in [0.3, 0.4) is 0 Å². The second-order valence-corrected chi connectivity index (χ2v) is 3.99. The number of amides is 1. The molecule has 0 radical (unpaired) electrons. The normalized spacial score (nSPS) is 22.2. The van der Waals surface area contributed by atoms with Gasteiger partial charge in [0.1, 0.15) is 17.7 Å². The van der Waals surface area contributed by atoms with Gasteiger partial charge in [0.05, 0.1) is 14.2 Å². The fourth-order valence-electron chi connectivity index (χ4n) is 1.77. The van der Waals surface area contributed by atoms with E-state index in [1.165, 1.54) is 21.1 Å². The van der Waals surface area contributed by atoms with E-state index in [1.54, 1.807) is 6.92 Å². The Balaban J connectivity index is 3.24. The maximum Gasteiger partial charge on any atom is 0.374 e. The Labute approximate surface area is 104 Å². The van der Waals surface area contributed by atoms with Gasteiger partial charge in [0.15, 0.2) is 0 Å². The largest absolute Gasteiger partial charge is 0.483 e. The van der Waals surface area contributed by atoms with Crippen LogP contribution in [0.4, 0.5) is 0 Å². The molecule has 1 atom stereocenters. The molecule has 7 heteroatoms. The Morgan fingerprint density at radius 2 is 1.78 bits per heavy atom. The molecule has 1 aliphatic heterocycles. The van der Waals surface area contributed by atoms with Crippen LogP contribution in [0.25, 0.3) is 0 Å². The van der Waals surface area contributed by atoms with Crippen LogP contribution < -0.4 is 5.32 Å². The van der Waals surface area contributed by atoms with Gasteiger partial charge in [-0.15, -0.1) is 0 Å². The lowest BCUT2D eigenvalue weighted by molar-refractivity contribution is -0.141. The van der Waals surface area contributed by atoms with Gasteiger partial charge in [-0.2, -0.15) is 0 Å². The highest BCUT2D eigenvalue weighted by molar-refractivity contribution is 6.02. The summed E-state index contributed by atoms with van der Waals surface area (Å²) in [5.41, 5.74) is -1.16. The molecule has 1 N–H and O–H groups in total. The van der Waals surface area contributed by atoms with Crippen LogP contribution >= 0.6 is 0 Å². The van der Waals surface area contributed by atoms with E-state index in [2.05, 4.69) is 14.8 Å². The highest BCUT2D eigenvalue weighted by atomic mass is 16.6. The van der Waals surface area contributed by atoms with Crippen LogP contribution in [-0.2, 0) is 28.6 Å². The molecule has 0 saturated carbocycles. The molecule has 1 rings (SSSR count). The summed E-state index contributed by atoms with van der Waals surface area (Å²) in [4.78, 5) is 34.4. The SMILES string of the molecule is COC(=O)C1=C(C(=O)OC)C(C)(NC(C)=O)CO1. The quantitative estimate of drug-likeness (QED) is 0.686. The summed E-state index contributed by atoms with van der Waals surface area (Å²) in [6.07, 6.45) is 0. The zero-order valence-electron chi connectivity index (χ0n) is 10.7. The fourth-order valence-corrected chi connectivity index (χ4v) is 1.77. The van der Waals surface area contributed by atoms with Gasteiger partial charge in [-0.1, -0.05) is 0 Å². The Morgan fingerprint density at radius 1 is 1.22 bits per heavy atom. The van der Waals surface area contributed by atoms with Gasteiger partial charge in [-0.25, -0.2) is 9.59 Å². The average molecular weight is 257 g/mol. The van der Waals surface area contributed by atoms with E-state index in [4.69, 9.17) is 4.74 Å². The second-order valence-electron chi connectivity index (χ2n) is 3.99. The minimum absolute atomic E-state index is 0.0402. The second kappa shape index (κ2) is 5.07. The molecule has 0 aromatic heterocycles. The van der Waals surface area contributed by atoms with Crippen LogP contribution in [0.15, 0.2) is 11.3 Å². The van der Waals surface area contributed by atoms with Gasteiger partial charge in [-0.3, -0.25) is 4.79 Å². The highest BCUT2D eigenvalue weighted by Gasteiger charge is 2.46. The molecule has 0 aromatic carbocycles. The van der Waals surface area contributed by atoms with Crippen LogP contribution in [0.1, 0.15) is 13.8 Å². The van der Waals surface area contributed by atoms with E-state index in [1.807, 2.05) is 0 Å². The number of rotatable bonds is 3. The molecule has 0 aromatic rings. The molecule has 0 bridgehead atoms. The maximum absolute atomic E-state index is 11.7. The van der Waals surface area contributed by atoms with Crippen molar-refractivity contribution in [2.45, 2.75) is 19.4 Å². The molecule has 0 fully saturated rings. The maximum atomic E-state index is 11.7. The van der Waals surface area contributed by atoms with Gasteiger partial charge >= 0.3 is 11.9 Å². The third-order valence-electron chi connectivity index (χ3n) is 2.50.